The average Bonchev–Trinajstić information content (AvgIpc) is 2.99. The second-order valence-corrected chi connectivity index (χ2v) is 9.76. The number of ether oxygens (including phenoxy) is 1. The lowest BCUT2D eigenvalue weighted by atomic mass is 9.73. The molecule has 2 aliphatic rings. The van der Waals surface area contributed by atoms with Crippen molar-refractivity contribution in [2.75, 3.05) is 17.7 Å². The molecule has 1 unspecified atom stereocenters. The first kappa shape index (κ1) is 22.0. The molecule has 3 aromatic rings. The van der Waals surface area contributed by atoms with Gasteiger partial charge < -0.3 is 15.4 Å². The number of rotatable bonds is 4. The number of allylic oxidation sites excluding steroid dienone is 1. The van der Waals surface area contributed by atoms with Crippen LogP contribution in [0.3, 0.4) is 0 Å². The summed E-state index contributed by atoms with van der Waals surface area (Å²) in [7, 11) is 1.64. The van der Waals surface area contributed by atoms with E-state index in [0.717, 1.165) is 40.4 Å². The van der Waals surface area contributed by atoms with Gasteiger partial charge >= 0.3 is 0 Å². The molecule has 0 saturated carbocycles. The zero-order valence-corrected chi connectivity index (χ0v) is 19.6. The number of anilines is 2. The molecular weight excluding hydrogens is 424 g/mol. The summed E-state index contributed by atoms with van der Waals surface area (Å²) in [5, 5.41) is 7.12. The Kier molecular flexibility index (Phi) is 5.48. The number of carbonyl (C=O) groups is 2. The molecule has 0 aromatic heterocycles. The highest BCUT2D eigenvalue weighted by Crippen LogP contribution is 2.45. The molecule has 5 rings (SSSR count). The Morgan fingerprint density at radius 3 is 2.35 bits per heavy atom. The maximum atomic E-state index is 13.4. The Bertz CT molecular complexity index is 1290. The van der Waals surface area contributed by atoms with E-state index in [-0.39, 0.29) is 23.0 Å². The molecule has 5 heteroatoms. The van der Waals surface area contributed by atoms with Crippen LogP contribution in [0.15, 0.2) is 84.1 Å². The molecule has 1 aliphatic heterocycles. The van der Waals surface area contributed by atoms with Crippen LogP contribution in [0, 0.1) is 5.41 Å². The number of methoxy groups -OCH3 is 1. The fourth-order valence-corrected chi connectivity index (χ4v) is 4.89. The minimum absolute atomic E-state index is 0.0320. The molecule has 1 atom stereocenters. The van der Waals surface area contributed by atoms with Gasteiger partial charge in [0.25, 0.3) is 0 Å². The third kappa shape index (κ3) is 4.10. The topological polar surface area (TPSA) is 67.4 Å². The molecule has 1 aliphatic carbocycles. The van der Waals surface area contributed by atoms with Crippen molar-refractivity contribution < 1.29 is 14.3 Å². The van der Waals surface area contributed by atoms with Crippen LogP contribution < -0.4 is 15.4 Å². The van der Waals surface area contributed by atoms with E-state index in [1.807, 2.05) is 72.8 Å². The molecule has 0 amide bonds. The highest BCUT2D eigenvalue weighted by molar-refractivity contribution is 6.10. The fraction of sp³-hybridized carbons (Fsp3) is 0.241. The van der Waals surface area contributed by atoms with E-state index >= 15 is 0 Å². The molecule has 34 heavy (non-hydrogen) atoms. The van der Waals surface area contributed by atoms with Crippen LogP contribution in [0.5, 0.6) is 5.75 Å². The zero-order valence-electron chi connectivity index (χ0n) is 19.6. The van der Waals surface area contributed by atoms with Gasteiger partial charge in [0.1, 0.15) is 5.75 Å². The van der Waals surface area contributed by atoms with Crippen LogP contribution in [-0.2, 0) is 4.79 Å². The van der Waals surface area contributed by atoms with Crippen molar-refractivity contribution in [1.29, 1.82) is 0 Å². The number of carbonyl (C=O) groups excluding carboxylic acids is 2. The summed E-state index contributed by atoms with van der Waals surface area (Å²) in [4.78, 5) is 26.5. The van der Waals surface area contributed by atoms with Crippen molar-refractivity contribution in [3.05, 3.63) is 101 Å². The smallest absolute Gasteiger partial charge is 0.193 e. The first-order chi connectivity index (χ1) is 16.3. The molecule has 5 nitrogen and oxygen atoms in total. The number of nitrogens with one attached hydrogen (secondary N) is 2. The van der Waals surface area contributed by atoms with E-state index < -0.39 is 0 Å². The average molecular weight is 453 g/mol. The highest BCUT2D eigenvalue weighted by Gasteiger charge is 2.38. The normalized spacial score (nSPS) is 18.7. The Labute approximate surface area is 199 Å². The molecule has 0 bridgehead atoms. The van der Waals surface area contributed by atoms with Crippen LogP contribution in [0.4, 0.5) is 11.4 Å². The van der Waals surface area contributed by atoms with Gasteiger partial charge in [-0.05, 0) is 47.7 Å². The molecule has 2 N–H and O–H groups in total. The SMILES string of the molecule is COc1ccc(C2Nc3ccc(C(=O)c4ccccc4)cc3NC3=C2C(=O)CC(C)(C)C3)cc1. The van der Waals surface area contributed by atoms with Gasteiger partial charge in [-0.2, -0.15) is 0 Å². The third-order valence-corrected chi connectivity index (χ3v) is 6.56. The Hall–Kier alpha value is -3.86. The lowest BCUT2D eigenvalue weighted by Gasteiger charge is -2.34. The van der Waals surface area contributed by atoms with E-state index in [9.17, 15) is 9.59 Å². The van der Waals surface area contributed by atoms with Crippen molar-refractivity contribution in [2.24, 2.45) is 5.41 Å². The predicted octanol–water partition coefficient (Wildman–Crippen LogP) is 6.15. The molecule has 0 saturated heterocycles. The molecule has 3 aromatic carbocycles. The van der Waals surface area contributed by atoms with Crippen LogP contribution >= 0.6 is 0 Å². The van der Waals surface area contributed by atoms with E-state index in [2.05, 4.69) is 24.5 Å². The van der Waals surface area contributed by atoms with Gasteiger partial charge in [-0.25, -0.2) is 0 Å². The van der Waals surface area contributed by atoms with E-state index in [4.69, 9.17) is 4.74 Å². The van der Waals surface area contributed by atoms with Gasteiger partial charge in [-0.1, -0.05) is 56.3 Å². The fourth-order valence-electron chi connectivity index (χ4n) is 4.89. The highest BCUT2D eigenvalue weighted by atomic mass is 16.5. The maximum absolute atomic E-state index is 13.4. The summed E-state index contributed by atoms with van der Waals surface area (Å²) in [6, 6.07) is 22.4. The second-order valence-electron chi connectivity index (χ2n) is 9.76. The van der Waals surface area contributed by atoms with Gasteiger partial charge in [0.15, 0.2) is 11.6 Å². The van der Waals surface area contributed by atoms with Crippen LogP contribution in [0.2, 0.25) is 0 Å². The van der Waals surface area contributed by atoms with Gasteiger partial charge in [-0.3, -0.25) is 9.59 Å². The number of hydrogen-bond acceptors (Lipinski definition) is 5. The third-order valence-electron chi connectivity index (χ3n) is 6.56. The standard InChI is InChI=1S/C29H28N2O3/c1-29(2)16-24-26(25(32)17-29)27(18-9-12-21(34-3)13-10-18)31-22-14-11-20(15-23(22)30-24)28(33)19-7-5-4-6-8-19/h4-15,27,30-31H,16-17H2,1-3H3. The lowest BCUT2D eigenvalue weighted by Crippen LogP contribution is -2.31. The van der Waals surface area contributed by atoms with Crippen LogP contribution in [0.1, 0.15) is 54.2 Å². The number of ketones is 2. The van der Waals surface area contributed by atoms with Gasteiger partial charge in [0, 0.05) is 28.8 Å². The van der Waals surface area contributed by atoms with E-state index in [1.165, 1.54) is 0 Å². The van der Waals surface area contributed by atoms with E-state index in [0.29, 0.717) is 17.5 Å². The summed E-state index contributed by atoms with van der Waals surface area (Å²) in [6.45, 7) is 4.24. The summed E-state index contributed by atoms with van der Waals surface area (Å²) in [5.41, 5.74) is 5.42. The van der Waals surface area contributed by atoms with Crippen molar-refractivity contribution in [1.82, 2.24) is 0 Å². The minimum Gasteiger partial charge on any atom is -0.497 e. The second kappa shape index (κ2) is 8.49. The molecular formula is C29H28N2O3. The molecule has 172 valence electrons. The minimum atomic E-state index is -0.297. The quantitative estimate of drug-likeness (QED) is 0.465. The molecule has 0 fully saturated rings. The Morgan fingerprint density at radius 1 is 0.912 bits per heavy atom. The van der Waals surface area contributed by atoms with Gasteiger partial charge in [0.05, 0.1) is 24.5 Å². The summed E-state index contributed by atoms with van der Waals surface area (Å²) in [5.74, 6) is 0.876. The first-order valence-electron chi connectivity index (χ1n) is 11.5. The summed E-state index contributed by atoms with van der Waals surface area (Å²) < 4.78 is 5.32. The Morgan fingerprint density at radius 2 is 1.65 bits per heavy atom. The molecule has 1 heterocycles. The number of benzene rings is 3. The van der Waals surface area contributed by atoms with E-state index in [1.54, 1.807) is 7.11 Å². The molecule has 0 radical (unpaired) electrons. The number of Topliss-reactive ketones (excluding diaryl/α,β-unsaturated/α-hetero) is 1. The van der Waals surface area contributed by atoms with Crippen LogP contribution in [-0.4, -0.2) is 18.7 Å². The van der Waals surface area contributed by atoms with Crippen molar-refractivity contribution >= 4 is 22.9 Å². The monoisotopic (exact) mass is 452 g/mol. The van der Waals surface area contributed by atoms with Gasteiger partial charge in [-0.15, -0.1) is 0 Å². The van der Waals surface area contributed by atoms with Crippen molar-refractivity contribution in [3.8, 4) is 5.75 Å². The van der Waals surface area contributed by atoms with Crippen molar-refractivity contribution in [3.63, 3.8) is 0 Å². The molecule has 0 spiro atoms. The largest absolute Gasteiger partial charge is 0.497 e. The number of hydrogen-bond donors (Lipinski definition) is 2. The first-order valence-corrected chi connectivity index (χ1v) is 11.5. The maximum Gasteiger partial charge on any atom is 0.193 e. The van der Waals surface area contributed by atoms with Crippen LogP contribution in [0.25, 0.3) is 0 Å². The Balaban J connectivity index is 1.59. The van der Waals surface area contributed by atoms with Crippen molar-refractivity contribution in [2.45, 2.75) is 32.7 Å². The lowest BCUT2D eigenvalue weighted by molar-refractivity contribution is -0.118. The zero-order chi connectivity index (χ0) is 23.9. The predicted molar refractivity (Wildman–Crippen MR) is 134 cm³/mol. The number of fused-ring (bicyclic) bond motifs is 1. The summed E-state index contributed by atoms with van der Waals surface area (Å²) >= 11 is 0. The van der Waals surface area contributed by atoms with Gasteiger partial charge in [0.2, 0.25) is 0 Å². The summed E-state index contributed by atoms with van der Waals surface area (Å²) in [6.07, 6.45) is 1.24.